The normalized spacial score (nSPS) is 11.3. The summed E-state index contributed by atoms with van der Waals surface area (Å²) in [5.74, 6) is 0. The van der Waals surface area contributed by atoms with Crippen LogP contribution in [-0.4, -0.2) is 24.6 Å². The number of rotatable bonds is 5. The molecule has 1 N–H and O–H groups in total. The number of nitro benzene ring substituents is 1. The maximum absolute atomic E-state index is 11.4. The molecule has 0 amide bonds. The quantitative estimate of drug-likeness (QED) is 0.668. The van der Waals surface area contributed by atoms with Gasteiger partial charge in [0.05, 0.1) is 16.4 Å². The van der Waals surface area contributed by atoms with Crippen LogP contribution in [0, 0.1) is 17.0 Å². The first-order valence-corrected chi connectivity index (χ1v) is 8.68. The van der Waals surface area contributed by atoms with Crippen molar-refractivity contribution in [3.63, 3.8) is 0 Å². The average molecular weight is 327 g/mol. The molecule has 2 aromatic rings. The standard InChI is InChI=1S/C12H13N3O4S2/c1-8-7-20-12(14-8)6-13-10-4-3-9(21(2,18)19)5-11(10)15(16)17/h3-5,7,13H,6H2,1-2H3. The van der Waals surface area contributed by atoms with Crippen LogP contribution in [0.4, 0.5) is 11.4 Å². The Kier molecular flexibility index (Phi) is 4.24. The minimum atomic E-state index is -3.48. The number of anilines is 1. The van der Waals surface area contributed by atoms with Crippen molar-refractivity contribution in [2.75, 3.05) is 11.6 Å². The van der Waals surface area contributed by atoms with Gasteiger partial charge in [0.15, 0.2) is 9.84 Å². The third kappa shape index (κ3) is 3.76. The van der Waals surface area contributed by atoms with Crippen molar-refractivity contribution >= 4 is 32.5 Å². The van der Waals surface area contributed by atoms with Crippen LogP contribution in [0.25, 0.3) is 0 Å². The molecular weight excluding hydrogens is 314 g/mol. The van der Waals surface area contributed by atoms with E-state index >= 15 is 0 Å². The molecule has 9 heteroatoms. The van der Waals surface area contributed by atoms with Gasteiger partial charge in [0.25, 0.3) is 5.69 Å². The number of hydrogen-bond acceptors (Lipinski definition) is 7. The number of benzene rings is 1. The number of aromatic nitrogens is 1. The van der Waals surface area contributed by atoms with Crippen molar-refractivity contribution in [2.45, 2.75) is 18.4 Å². The SMILES string of the molecule is Cc1csc(CNc2ccc(S(C)(=O)=O)cc2[N+](=O)[O-])n1. The van der Waals surface area contributed by atoms with E-state index in [1.807, 2.05) is 12.3 Å². The van der Waals surface area contributed by atoms with Crippen molar-refractivity contribution in [1.29, 1.82) is 0 Å². The van der Waals surface area contributed by atoms with Crippen LogP contribution in [0.2, 0.25) is 0 Å². The van der Waals surface area contributed by atoms with E-state index in [4.69, 9.17) is 0 Å². The molecule has 0 saturated heterocycles. The van der Waals surface area contributed by atoms with Gasteiger partial charge in [-0.05, 0) is 19.1 Å². The maximum atomic E-state index is 11.4. The van der Waals surface area contributed by atoms with E-state index in [0.717, 1.165) is 23.0 Å². The highest BCUT2D eigenvalue weighted by Crippen LogP contribution is 2.28. The number of nitro groups is 1. The van der Waals surface area contributed by atoms with E-state index in [0.29, 0.717) is 6.54 Å². The minimum Gasteiger partial charge on any atom is -0.373 e. The average Bonchev–Trinajstić information content (AvgIpc) is 2.80. The Morgan fingerprint density at radius 3 is 2.67 bits per heavy atom. The largest absolute Gasteiger partial charge is 0.373 e. The van der Waals surface area contributed by atoms with E-state index in [9.17, 15) is 18.5 Å². The van der Waals surface area contributed by atoms with E-state index in [-0.39, 0.29) is 16.3 Å². The van der Waals surface area contributed by atoms with E-state index in [1.54, 1.807) is 0 Å². The predicted octanol–water partition coefficient (Wildman–Crippen LogP) is 2.38. The second-order valence-corrected chi connectivity index (χ2v) is 7.40. The van der Waals surface area contributed by atoms with Crippen LogP contribution in [-0.2, 0) is 16.4 Å². The Labute approximate surface area is 125 Å². The summed E-state index contributed by atoms with van der Waals surface area (Å²) in [6, 6.07) is 3.80. The third-order valence-corrected chi connectivity index (χ3v) is 4.77. The Balaban J connectivity index is 2.28. The van der Waals surface area contributed by atoms with Gasteiger partial charge in [-0.2, -0.15) is 0 Å². The zero-order valence-corrected chi connectivity index (χ0v) is 13.0. The van der Waals surface area contributed by atoms with Crippen LogP contribution in [0.5, 0.6) is 0 Å². The molecule has 112 valence electrons. The third-order valence-electron chi connectivity index (χ3n) is 2.69. The van der Waals surface area contributed by atoms with Gasteiger partial charge in [0.2, 0.25) is 0 Å². The zero-order valence-electron chi connectivity index (χ0n) is 11.4. The molecule has 0 atom stereocenters. The number of sulfone groups is 1. The van der Waals surface area contributed by atoms with Crippen LogP contribution in [0.3, 0.4) is 0 Å². The zero-order chi connectivity index (χ0) is 15.6. The number of nitrogens with one attached hydrogen (secondary N) is 1. The van der Waals surface area contributed by atoms with Crippen molar-refractivity contribution in [1.82, 2.24) is 4.98 Å². The number of aryl methyl sites for hydroxylation is 1. The Morgan fingerprint density at radius 1 is 1.43 bits per heavy atom. The van der Waals surface area contributed by atoms with Crippen molar-refractivity contribution in [3.8, 4) is 0 Å². The van der Waals surface area contributed by atoms with E-state index in [2.05, 4.69) is 10.3 Å². The monoisotopic (exact) mass is 327 g/mol. The molecule has 2 rings (SSSR count). The summed E-state index contributed by atoms with van der Waals surface area (Å²) in [6.45, 7) is 2.21. The molecule has 0 aliphatic rings. The fourth-order valence-corrected chi connectivity index (χ4v) is 3.05. The van der Waals surface area contributed by atoms with Gasteiger partial charge in [-0.3, -0.25) is 10.1 Å². The van der Waals surface area contributed by atoms with Gasteiger partial charge in [-0.15, -0.1) is 11.3 Å². The molecule has 7 nitrogen and oxygen atoms in total. The molecule has 21 heavy (non-hydrogen) atoms. The lowest BCUT2D eigenvalue weighted by molar-refractivity contribution is -0.384. The van der Waals surface area contributed by atoms with Crippen LogP contribution in [0.15, 0.2) is 28.5 Å². The molecule has 0 unspecified atom stereocenters. The van der Waals surface area contributed by atoms with Gasteiger partial charge in [-0.25, -0.2) is 13.4 Å². The summed E-state index contributed by atoms with van der Waals surface area (Å²) in [5.41, 5.74) is 0.880. The van der Waals surface area contributed by atoms with Crippen molar-refractivity contribution < 1.29 is 13.3 Å². The Hall–Kier alpha value is -2.00. The topological polar surface area (TPSA) is 102 Å². The first-order chi connectivity index (χ1) is 9.77. The highest BCUT2D eigenvalue weighted by molar-refractivity contribution is 7.90. The lowest BCUT2D eigenvalue weighted by atomic mass is 10.2. The number of hydrogen-bond donors (Lipinski definition) is 1. The van der Waals surface area contributed by atoms with Crippen LogP contribution in [0.1, 0.15) is 10.7 Å². The molecule has 0 radical (unpaired) electrons. The molecule has 1 heterocycles. The highest BCUT2D eigenvalue weighted by Gasteiger charge is 2.18. The molecular formula is C12H13N3O4S2. The summed E-state index contributed by atoms with van der Waals surface area (Å²) in [7, 11) is -3.48. The highest BCUT2D eigenvalue weighted by atomic mass is 32.2. The van der Waals surface area contributed by atoms with Crippen molar-refractivity contribution in [3.05, 3.63) is 44.4 Å². The van der Waals surface area contributed by atoms with Gasteiger partial charge in [0.1, 0.15) is 10.7 Å². The van der Waals surface area contributed by atoms with Gasteiger partial charge in [0, 0.05) is 23.4 Å². The molecule has 0 fully saturated rings. The molecule has 1 aromatic heterocycles. The Morgan fingerprint density at radius 2 is 2.14 bits per heavy atom. The second kappa shape index (κ2) is 5.78. The summed E-state index contributed by atoms with van der Waals surface area (Å²) in [6.07, 6.45) is 1.01. The summed E-state index contributed by atoms with van der Waals surface area (Å²) in [5, 5.41) is 16.7. The molecule has 0 aliphatic heterocycles. The van der Waals surface area contributed by atoms with Crippen molar-refractivity contribution in [2.24, 2.45) is 0 Å². The molecule has 1 aromatic carbocycles. The second-order valence-electron chi connectivity index (χ2n) is 4.44. The lowest BCUT2D eigenvalue weighted by Crippen LogP contribution is -2.04. The van der Waals surface area contributed by atoms with Crippen LogP contribution >= 0.6 is 11.3 Å². The first kappa shape index (κ1) is 15.4. The number of thiazole rings is 1. The first-order valence-electron chi connectivity index (χ1n) is 5.91. The molecule has 0 bridgehead atoms. The van der Waals surface area contributed by atoms with Crippen LogP contribution < -0.4 is 5.32 Å². The Bertz CT molecular complexity index is 784. The fourth-order valence-electron chi connectivity index (χ4n) is 1.70. The van der Waals surface area contributed by atoms with Gasteiger partial charge < -0.3 is 5.32 Å². The fraction of sp³-hybridized carbons (Fsp3) is 0.250. The van der Waals surface area contributed by atoms with E-state index in [1.165, 1.54) is 23.5 Å². The minimum absolute atomic E-state index is 0.0788. The predicted molar refractivity (Wildman–Crippen MR) is 80.4 cm³/mol. The van der Waals surface area contributed by atoms with Gasteiger partial charge in [-0.1, -0.05) is 0 Å². The molecule has 0 aliphatic carbocycles. The smallest absolute Gasteiger partial charge is 0.293 e. The lowest BCUT2D eigenvalue weighted by Gasteiger charge is -2.07. The summed E-state index contributed by atoms with van der Waals surface area (Å²) < 4.78 is 22.9. The maximum Gasteiger partial charge on any atom is 0.293 e. The molecule has 0 saturated carbocycles. The van der Waals surface area contributed by atoms with E-state index < -0.39 is 14.8 Å². The number of nitrogens with zero attached hydrogens (tertiary/aromatic N) is 2. The summed E-state index contributed by atoms with van der Waals surface area (Å²) >= 11 is 1.45. The van der Waals surface area contributed by atoms with Gasteiger partial charge >= 0.3 is 0 Å². The summed E-state index contributed by atoms with van der Waals surface area (Å²) in [4.78, 5) is 14.6. The molecule has 0 spiro atoms.